The number of aliphatic hydroxyl groups is 1. The Bertz CT molecular complexity index is 428. The number of hydrogen-bond donors (Lipinski definition) is 2. The van der Waals surface area contributed by atoms with E-state index in [4.69, 9.17) is 11.5 Å². The van der Waals surface area contributed by atoms with Crippen LogP contribution >= 0.6 is 0 Å². The summed E-state index contributed by atoms with van der Waals surface area (Å²) >= 11 is 0. The number of carbonyl (C=O) groups is 1. The first-order valence-corrected chi connectivity index (χ1v) is 6.14. The quantitative estimate of drug-likeness (QED) is 0.679. The zero-order valence-corrected chi connectivity index (χ0v) is 11.0. The van der Waals surface area contributed by atoms with Crippen LogP contribution in [0.2, 0.25) is 0 Å². The second-order valence-electron chi connectivity index (χ2n) is 4.15. The zero-order chi connectivity index (χ0) is 14.1. The Hall–Kier alpha value is -1.90. The Morgan fingerprint density at radius 1 is 1.68 bits per heavy atom. The van der Waals surface area contributed by atoms with Crippen LogP contribution in [0.4, 0.5) is 0 Å². The average Bonchev–Trinajstić information content (AvgIpc) is 2.44. The van der Waals surface area contributed by atoms with E-state index >= 15 is 0 Å². The molecule has 0 aliphatic rings. The summed E-state index contributed by atoms with van der Waals surface area (Å²) < 4.78 is 0. The molecule has 0 fully saturated rings. The Morgan fingerprint density at radius 2 is 2.47 bits per heavy atom. The van der Waals surface area contributed by atoms with E-state index < -0.39 is 0 Å². The molecular weight excluding hydrogens is 242 g/mol. The number of hydrogen-bond acceptors (Lipinski definition) is 4. The number of pyridine rings is 1. The van der Waals surface area contributed by atoms with E-state index in [1.807, 2.05) is 17.0 Å². The molecule has 5 heteroatoms. The van der Waals surface area contributed by atoms with Gasteiger partial charge in [0.2, 0.25) is 5.91 Å². The van der Waals surface area contributed by atoms with Crippen molar-refractivity contribution >= 4 is 5.91 Å². The molecule has 0 aliphatic heterocycles. The van der Waals surface area contributed by atoms with Crippen molar-refractivity contribution < 1.29 is 9.90 Å². The van der Waals surface area contributed by atoms with Gasteiger partial charge in [-0.2, -0.15) is 0 Å². The predicted molar refractivity (Wildman–Crippen MR) is 73.0 cm³/mol. The van der Waals surface area contributed by atoms with E-state index in [1.165, 1.54) is 0 Å². The minimum Gasteiger partial charge on any atom is -0.395 e. The lowest BCUT2D eigenvalue weighted by molar-refractivity contribution is -0.126. The highest BCUT2D eigenvalue weighted by molar-refractivity contribution is 5.81. The number of nitrogens with one attached hydrogen (secondary N) is 1. The van der Waals surface area contributed by atoms with Crippen molar-refractivity contribution in [2.45, 2.75) is 19.5 Å². The summed E-state index contributed by atoms with van der Waals surface area (Å²) in [5, 5.41) is 11.7. The van der Waals surface area contributed by atoms with Crippen molar-refractivity contribution in [1.82, 2.24) is 15.2 Å². The van der Waals surface area contributed by atoms with Gasteiger partial charge in [0.1, 0.15) is 0 Å². The number of rotatable bonds is 7. The fourth-order valence-electron chi connectivity index (χ4n) is 1.72. The maximum Gasteiger partial charge on any atom is 0.237 e. The van der Waals surface area contributed by atoms with Gasteiger partial charge in [0, 0.05) is 25.5 Å². The zero-order valence-electron chi connectivity index (χ0n) is 11.0. The van der Waals surface area contributed by atoms with E-state index in [-0.39, 0.29) is 25.1 Å². The summed E-state index contributed by atoms with van der Waals surface area (Å²) in [6, 6.07) is 3.42. The molecule has 0 saturated carbocycles. The number of carbonyl (C=O) groups excluding carboxylic acids is 1. The molecular formula is C14H19N3O2. The second-order valence-corrected chi connectivity index (χ2v) is 4.15. The third-order valence-corrected chi connectivity index (χ3v) is 2.79. The maximum atomic E-state index is 11.9. The van der Waals surface area contributed by atoms with Crippen LogP contribution in [0.3, 0.4) is 0 Å². The van der Waals surface area contributed by atoms with E-state index in [0.717, 1.165) is 5.56 Å². The Balaban J connectivity index is 2.66. The van der Waals surface area contributed by atoms with Gasteiger partial charge in [-0.15, -0.1) is 6.42 Å². The third-order valence-electron chi connectivity index (χ3n) is 2.79. The maximum absolute atomic E-state index is 11.9. The molecule has 1 amide bonds. The summed E-state index contributed by atoms with van der Waals surface area (Å²) in [6.07, 6.45) is 8.55. The van der Waals surface area contributed by atoms with Crippen molar-refractivity contribution in [3.63, 3.8) is 0 Å². The summed E-state index contributed by atoms with van der Waals surface area (Å²) in [7, 11) is 0. The molecule has 0 saturated heterocycles. The van der Waals surface area contributed by atoms with Gasteiger partial charge >= 0.3 is 0 Å². The summed E-state index contributed by atoms with van der Waals surface area (Å²) in [5.74, 6) is 2.22. The minimum atomic E-state index is -0.360. The molecule has 1 heterocycles. The summed E-state index contributed by atoms with van der Waals surface area (Å²) in [6.45, 7) is 2.96. The smallest absolute Gasteiger partial charge is 0.237 e. The Labute approximate surface area is 113 Å². The van der Waals surface area contributed by atoms with E-state index in [9.17, 15) is 4.79 Å². The predicted octanol–water partition coefficient (Wildman–Crippen LogP) is 0.0138. The molecule has 19 heavy (non-hydrogen) atoms. The monoisotopic (exact) mass is 261 g/mol. The van der Waals surface area contributed by atoms with Gasteiger partial charge in [-0.25, -0.2) is 0 Å². The molecule has 0 spiro atoms. The fraction of sp³-hybridized carbons (Fsp3) is 0.429. The van der Waals surface area contributed by atoms with Crippen molar-refractivity contribution in [3.05, 3.63) is 30.1 Å². The Morgan fingerprint density at radius 3 is 3.05 bits per heavy atom. The molecule has 102 valence electrons. The minimum absolute atomic E-state index is 0.00692. The molecule has 0 bridgehead atoms. The molecule has 1 atom stereocenters. The first-order chi connectivity index (χ1) is 9.19. The number of nitrogens with zero attached hydrogens (tertiary/aromatic N) is 2. The van der Waals surface area contributed by atoms with Crippen LogP contribution in [0, 0.1) is 12.3 Å². The van der Waals surface area contributed by atoms with E-state index in [1.54, 1.807) is 19.3 Å². The van der Waals surface area contributed by atoms with Gasteiger partial charge in [0.15, 0.2) is 0 Å². The SMILES string of the molecule is C#CCNC(=O)C(C)N(CCO)Cc1cccnc1. The van der Waals surface area contributed by atoms with Crippen molar-refractivity contribution in [1.29, 1.82) is 0 Å². The lowest BCUT2D eigenvalue weighted by atomic mass is 10.2. The highest BCUT2D eigenvalue weighted by Crippen LogP contribution is 2.07. The molecule has 2 N–H and O–H groups in total. The second kappa shape index (κ2) is 8.25. The highest BCUT2D eigenvalue weighted by Gasteiger charge is 2.20. The van der Waals surface area contributed by atoms with Crippen LogP contribution in [0.25, 0.3) is 0 Å². The number of aromatic nitrogens is 1. The first kappa shape index (κ1) is 15.2. The molecule has 0 aliphatic carbocycles. The molecule has 0 radical (unpaired) electrons. The van der Waals surface area contributed by atoms with Gasteiger partial charge in [0.05, 0.1) is 19.2 Å². The van der Waals surface area contributed by atoms with Crippen molar-refractivity contribution in [2.24, 2.45) is 0 Å². The topological polar surface area (TPSA) is 65.5 Å². The molecule has 1 aromatic heterocycles. The van der Waals surface area contributed by atoms with Crippen molar-refractivity contribution in [3.8, 4) is 12.3 Å². The molecule has 5 nitrogen and oxygen atoms in total. The third kappa shape index (κ3) is 5.08. The average molecular weight is 261 g/mol. The highest BCUT2D eigenvalue weighted by atomic mass is 16.3. The first-order valence-electron chi connectivity index (χ1n) is 6.14. The number of terminal acetylenes is 1. The standard InChI is InChI=1S/C14H19N3O2/c1-3-6-16-14(19)12(2)17(8-9-18)11-13-5-4-7-15-10-13/h1,4-5,7,10,12,18H,6,8-9,11H2,2H3,(H,16,19). The van der Waals surface area contributed by atoms with Crippen LogP contribution in [0.1, 0.15) is 12.5 Å². The van der Waals surface area contributed by atoms with Gasteiger partial charge < -0.3 is 10.4 Å². The van der Waals surface area contributed by atoms with Crippen LogP contribution in [0.15, 0.2) is 24.5 Å². The molecule has 1 rings (SSSR count). The molecule has 1 unspecified atom stereocenters. The van der Waals surface area contributed by atoms with E-state index in [2.05, 4.69) is 16.2 Å². The van der Waals surface area contributed by atoms with Crippen molar-refractivity contribution in [2.75, 3.05) is 19.7 Å². The van der Waals surface area contributed by atoms with E-state index in [0.29, 0.717) is 13.1 Å². The number of aliphatic hydroxyl groups excluding tert-OH is 1. The van der Waals surface area contributed by atoms with Gasteiger partial charge in [-0.1, -0.05) is 12.0 Å². The fourth-order valence-corrected chi connectivity index (χ4v) is 1.72. The van der Waals surface area contributed by atoms with Gasteiger partial charge in [0.25, 0.3) is 0 Å². The lowest BCUT2D eigenvalue weighted by Gasteiger charge is -2.27. The summed E-state index contributed by atoms with van der Waals surface area (Å²) in [4.78, 5) is 17.8. The van der Waals surface area contributed by atoms with Crippen LogP contribution in [-0.4, -0.2) is 46.6 Å². The van der Waals surface area contributed by atoms with Crippen LogP contribution < -0.4 is 5.32 Å². The molecule has 1 aromatic rings. The Kier molecular flexibility index (Phi) is 6.58. The summed E-state index contributed by atoms with van der Waals surface area (Å²) in [5.41, 5.74) is 0.993. The largest absolute Gasteiger partial charge is 0.395 e. The van der Waals surface area contributed by atoms with Gasteiger partial charge in [-0.05, 0) is 18.6 Å². The number of amides is 1. The van der Waals surface area contributed by atoms with Crippen LogP contribution in [0.5, 0.6) is 0 Å². The molecule has 0 aromatic carbocycles. The van der Waals surface area contributed by atoms with Crippen LogP contribution in [-0.2, 0) is 11.3 Å². The lowest BCUT2D eigenvalue weighted by Crippen LogP contribution is -2.45. The van der Waals surface area contributed by atoms with Gasteiger partial charge in [-0.3, -0.25) is 14.7 Å². The normalized spacial score (nSPS) is 11.9.